The summed E-state index contributed by atoms with van der Waals surface area (Å²) in [4.78, 5) is 12.9. The first-order valence-corrected chi connectivity index (χ1v) is 11.0. The number of carbonyl (C=O) groups is 1. The molecule has 0 aliphatic carbocycles. The maximum atomic E-state index is 12.9. The van der Waals surface area contributed by atoms with Crippen molar-refractivity contribution in [2.75, 3.05) is 13.2 Å². The number of Topliss-reactive ketones (excluding diaryl/α,β-unsaturated/α-hetero) is 1. The third kappa shape index (κ3) is 9.53. The van der Waals surface area contributed by atoms with Gasteiger partial charge in [-0.05, 0) is 24.7 Å². The number of carbonyl (C=O) groups excluding carboxylic acids is 1. The van der Waals surface area contributed by atoms with Crippen molar-refractivity contribution in [1.29, 1.82) is 0 Å². The van der Waals surface area contributed by atoms with Gasteiger partial charge >= 0.3 is 0 Å². The standard InChI is InChI=1S/C24H40O3/c1-5-9-14-20(7-3)18-26-24(23(25)22-16-12-11-13-17-22)27-19-21(8-4)15-10-6-2/h11-13,16-17,20-21,24H,5-10,14-15,18-19H2,1-4H3/t20-,21-/m1/s1. The molecule has 0 saturated carbocycles. The molecule has 0 heterocycles. The molecule has 0 aromatic heterocycles. The molecule has 0 unspecified atom stereocenters. The lowest BCUT2D eigenvalue weighted by molar-refractivity contribution is -0.131. The topological polar surface area (TPSA) is 35.5 Å². The Bertz CT molecular complexity index is 466. The van der Waals surface area contributed by atoms with Gasteiger partial charge in [-0.1, -0.05) is 96.6 Å². The Morgan fingerprint density at radius 2 is 1.30 bits per heavy atom. The van der Waals surface area contributed by atoms with Gasteiger partial charge in [-0.3, -0.25) is 4.79 Å². The first-order chi connectivity index (χ1) is 13.2. The van der Waals surface area contributed by atoms with E-state index in [1.54, 1.807) is 0 Å². The molecule has 0 aliphatic heterocycles. The Labute approximate surface area is 166 Å². The lowest BCUT2D eigenvalue weighted by atomic mass is 10.0. The Morgan fingerprint density at radius 3 is 1.70 bits per heavy atom. The smallest absolute Gasteiger partial charge is 0.222 e. The van der Waals surface area contributed by atoms with Crippen LogP contribution in [0.1, 0.15) is 89.4 Å². The second-order valence-corrected chi connectivity index (χ2v) is 7.56. The van der Waals surface area contributed by atoms with E-state index >= 15 is 0 Å². The van der Waals surface area contributed by atoms with E-state index in [2.05, 4.69) is 27.7 Å². The van der Waals surface area contributed by atoms with Gasteiger partial charge in [0.25, 0.3) is 0 Å². The number of hydrogen-bond acceptors (Lipinski definition) is 3. The molecule has 0 radical (unpaired) electrons. The van der Waals surface area contributed by atoms with Crippen LogP contribution in [0, 0.1) is 11.8 Å². The second-order valence-electron chi connectivity index (χ2n) is 7.56. The van der Waals surface area contributed by atoms with Crippen LogP contribution in [0.5, 0.6) is 0 Å². The van der Waals surface area contributed by atoms with Crippen molar-refractivity contribution in [3.63, 3.8) is 0 Å². The number of unbranched alkanes of at least 4 members (excludes halogenated alkanes) is 2. The van der Waals surface area contributed by atoms with Crippen LogP contribution in [0.3, 0.4) is 0 Å². The minimum atomic E-state index is -0.793. The molecule has 0 bridgehead atoms. The van der Waals surface area contributed by atoms with Crippen LogP contribution in [-0.2, 0) is 9.47 Å². The predicted octanol–water partition coefficient (Wildman–Crippen LogP) is 6.66. The van der Waals surface area contributed by atoms with Gasteiger partial charge in [0, 0.05) is 5.56 Å². The number of ketones is 1. The number of ether oxygens (including phenoxy) is 2. The normalized spacial score (nSPS) is 13.7. The highest BCUT2D eigenvalue weighted by Gasteiger charge is 2.24. The zero-order valence-corrected chi connectivity index (χ0v) is 17.9. The number of hydrogen-bond donors (Lipinski definition) is 0. The van der Waals surface area contributed by atoms with Crippen LogP contribution < -0.4 is 0 Å². The quantitative estimate of drug-likeness (QED) is 0.239. The molecule has 0 fully saturated rings. The summed E-state index contributed by atoms with van der Waals surface area (Å²) in [6.45, 7) is 9.98. The number of benzene rings is 1. The van der Waals surface area contributed by atoms with Crippen molar-refractivity contribution in [3.8, 4) is 0 Å². The fourth-order valence-corrected chi connectivity index (χ4v) is 3.18. The fourth-order valence-electron chi connectivity index (χ4n) is 3.18. The summed E-state index contributed by atoms with van der Waals surface area (Å²) in [6.07, 6.45) is 8.42. The molecule has 3 heteroatoms. The zero-order valence-electron chi connectivity index (χ0n) is 17.9. The molecule has 2 atom stereocenters. The first kappa shape index (κ1) is 23.8. The van der Waals surface area contributed by atoms with Gasteiger partial charge in [-0.25, -0.2) is 0 Å². The van der Waals surface area contributed by atoms with Crippen molar-refractivity contribution in [2.24, 2.45) is 11.8 Å². The molecule has 154 valence electrons. The maximum Gasteiger partial charge on any atom is 0.222 e. The van der Waals surface area contributed by atoms with Gasteiger partial charge in [0.1, 0.15) is 0 Å². The van der Waals surface area contributed by atoms with Gasteiger partial charge in [0.2, 0.25) is 12.1 Å². The second kappa shape index (κ2) is 14.8. The van der Waals surface area contributed by atoms with Gasteiger partial charge in [-0.2, -0.15) is 0 Å². The molecular weight excluding hydrogens is 336 g/mol. The Morgan fingerprint density at radius 1 is 0.815 bits per heavy atom. The van der Waals surface area contributed by atoms with Crippen LogP contribution >= 0.6 is 0 Å². The average Bonchev–Trinajstić information content (AvgIpc) is 2.72. The molecule has 1 rings (SSSR count). The van der Waals surface area contributed by atoms with Crippen molar-refractivity contribution >= 4 is 5.78 Å². The third-order valence-electron chi connectivity index (χ3n) is 5.33. The molecule has 1 aromatic rings. The minimum Gasteiger partial charge on any atom is -0.345 e. The van der Waals surface area contributed by atoms with Crippen LogP contribution in [0.4, 0.5) is 0 Å². The summed E-state index contributed by atoms with van der Waals surface area (Å²) in [5, 5.41) is 0. The SMILES string of the molecule is CCCC[C@@H](CC)COC(OC[C@H](CC)CCCC)C(=O)c1ccccc1. The van der Waals surface area contributed by atoms with Gasteiger partial charge in [0.15, 0.2) is 0 Å². The summed E-state index contributed by atoms with van der Waals surface area (Å²) in [6, 6.07) is 9.37. The predicted molar refractivity (Wildman–Crippen MR) is 113 cm³/mol. The lowest BCUT2D eigenvalue weighted by Crippen LogP contribution is -2.31. The van der Waals surface area contributed by atoms with Crippen molar-refractivity contribution < 1.29 is 14.3 Å². The van der Waals surface area contributed by atoms with Crippen molar-refractivity contribution in [2.45, 2.75) is 85.4 Å². The van der Waals surface area contributed by atoms with Crippen LogP contribution in [0.25, 0.3) is 0 Å². The van der Waals surface area contributed by atoms with Crippen molar-refractivity contribution in [1.82, 2.24) is 0 Å². The highest BCUT2D eigenvalue weighted by Crippen LogP contribution is 2.18. The summed E-state index contributed by atoms with van der Waals surface area (Å²) >= 11 is 0. The van der Waals surface area contributed by atoms with E-state index in [4.69, 9.17) is 9.47 Å². The van der Waals surface area contributed by atoms with Gasteiger partial charge in [0.05, 0.1) is 13.2 Å². The molecule has 0 spiro atoms. The molecule has 0 N–H and O–H groups in total. The Balaban J connectivity index is 2.71. The summed E-state index contributed by atoms with van der Waals surface area (Å²) in [7, 11) is 0. The van der Waals surface area contributed by atoms with Gasteiger partial charge in [-0.15, -0.1) is 0 Å². The largest absolute Gasteiger partial charge is 0.345 e. The monoisotopic (exact) mass is 376 g/mol. The molecular formula is C24H40O3. The summed E-state index contributed by atoms with van der Waals surface area (Å²) < 4.78 is 12.1. The third-order valence-corrected chi connectivity index (χ3v) is 5.33. The zero-order chi connectivity index (χ0) is 19.9. The molecule has 0 aliphatic rings. The summed E-state index contributed by atoms with van der Waals surface area (Å²) in [5.41, 5.74) is 0.658. The Kier molecular flexibility index (Phi) is 13.1. The van der Waals surface area contributed by atoms with E-state index in [1.807, 2.05) is 30.3 Å². The summed E-state index contributed by atoms with van der Waals surface area (Å²) in [5.74, 6) is 0.912. The Hall–Kier alpha value is -1.19. The van der Waals surface area contributed by atoms with Crippen molar-refractivity contribution in [3.05, 3.63) is 35.9 Å². The molecule has 0 saturated heterocycles. The van der Waals surface area contributed by atoms with Crippen LogP contribution in [0.15, 0.2) is 30.3 Å². The van der Waals surface area contributed by atoms with E-state index < -0.39 is 6.29 Å². The average molecular weight is 377 g/mol. The van der Waals surface area contributed by atoms with E-state index in [-0.39, 0.29) is 5.78 Å². The van der Waals surface area contributed by atoms with E-state index in [0.717, 1.165) is 25.7 Å². The van der Waals surface area contributed by atoms with Crippen LogP contribution in [-0.4, -0.2) is 25.3 Å². The maximum absolute atomic E-state index is 12.9. The van der Waals surface area contributed by atoms with E-state index in [0.29, 0.717) is 30.6 Å². The highest BCUT2D eigenvalue weighted by atomic mass is 16.7. The van der Waals surface area contributed by atoms with E-state index in [9.17, 15) is 4.79 Å². The lowest BCUT2D eigenvalue weighted by Gasteiger charge is -2.23. The molecule has 27 heavy (non-hydrogen) atoms. The fraction of sp³-hybridized carbons (Fsp3) is 0.708. The van der Waals surface area contributed by atoms with E-state index in [1.165, 1.54) is 25.7 Å². The first-order valence-electron chi connectivity index (χ1n) is 11.0. The van der Waals surface area contributed by atoms with Gasteiger partial charge < -0.3 is 9.47 Å². The molecule has 0 amide bonds. The number of rotatable bonds is 16. The molecule has 1 aromatic carbocycles. The highest BCUT2D eigenvalue weighted by molar-refractivity contribution is 5.98. The molecule has 3 nitrogen and oxygen atoms in total. The minimum absolute atomic E-state index is 0.0636. The van der Waals surface area contributed by atoms with Crippen LogP contribution in [0.2, 0.25) is 0 Å².